The van der Waals surface area contributed by atoms with Gasteiger partial charge >= 0.3 is 12.0 Å². The summed E-state index contributed by atoms with van der Waals surface area (Å²) in [6.45, 7) is 3.41. The molecule has 0 fully saturated rings. The van der Waals surface area contributed by atoms with Crippen molar-refractivity contribution in [3.8, 4) is 0 Å². The van der Waals surface area contributed by atoms with Gasteiger partial charge in [-0.15, -0.1) is 0 Å². The number of nitrogens with one attached hydrogen (secondary N) is 2. The van der Waals surface area contributed by atoms with Crippen molar-refractivity contribution in [2.45, 2.75) is 26.5 Å². The molecular formula is C22H19ClN4O4. The van der Waals surface area contributed by atoms with E-state index in [4.69, 9.17) is 16.3 Å². The number of hydrogen-bond donors (Lipinski definition) is 2. The van der Waals surface area contributed by atoms with Gasteiger partial charge in [-0.2, -0.15) is 0 Å². The molecule has 31 heavy (non-hydrogen) atoms. The van der Waals surface area contributed by atoms with E-state index >= 15 is 0 Å². The monoisotopic (exact) mass is 438 g/mol. The van der Waals surface area contributed by atoms with Crippen LogP contribution in [0.2, 0.25) is 5.15 Å². The van der Waals surface area contributed by atoms with Gasteiger partial charge in [0.25, 0.3) is 5.56 Å². The minimum atomic E-state index is -1.11. The van der Waals surface area contributed by atoms with Crippen LogP contribution < -0.4 is 16.2 Å². The number of rotatable bonds is 4. The van der Waals surface area contributed by atoms with Crippen molar-refractivity contribution >= 4 is 29.2 Å². The summed E-state index contributed by atoms with van der Waals surface area (Å²) in [5, 5.41) is 5.07. The number of fused-ring (bicyclic) bond motifs is 1. The van der Waals surface area contributed by atoms with Crippen molar-refractivity contribution in [3.63, 3.8) is 0 Å². The summed E-state index contributed by atoms with van der Waals surface area (Å²) in [5.41, 5.74) is 1.84. The van der Waals surface area contributed by atoms with Gasteiger partial charge < -0.3 is 15.4 Å². The number of hydrogen-bond acceptors (Lipinski definition) is 5. The largest absolute Gasteiger partial charge is 0.457 e. The van der Waals surface area contributed by atoms with Crippen LogP contribution in [0.15, 0.2) is 64.7 Å². The third-order valence-electron chi connectivity index (χ3n) is 5.03. The second-order valence-corrected chi connectivity index (χ2v) is 7.50. The van der Waals surface area contributed by atoms with Crippen molar-refractivity contribution in [2.24, 2.45) is 0 Å². The van der Waals surface area contributed by atoms with Gasteiger partial charge in [0.05, 0.1) is 17.2 Å². The van der Waals surface area contributed by atoms with Crippen LogP contribution in [0.25, 0.3) is 5.65 Å². The lowest BCUT2D eigenvalue weighted by Gasteiger charge is -2.28. The molecule has 3 heterocycles. The molecular weight excluding hydrogens is 420 g/mol. The van der Waals surface area contributed by atoms with Crippen molar-refractivity contribution in [1.82, 2.24) is 20.0 Å². The van der Waals surface area contributed by atoms with E-state index in [9.17, 15) is 14.4 Å². The normalized spacial score (nSPS) is 16.1. The van der Waals surface area contributed by atoms with E-state index in [2.05, 4.69) is 15.6 Å². The van der Waals surface area contributed by atoms with Crippen molar-refractivity contribution in [1.29, 1.82) is 0 Å². The molecule has 0 saturated heterocycles. The number of aromatic nitrogens is 2. The Morgan fingerprint density at radius 1 is 1.16 bits per heavy atom. The Bertz CT molecular complexity index is 1280. The van der Waals surface area contributed by atoms with Gasteiger partial charge in [0.1, 0.15) is 17.4 Å². The molecule has 1 unspecified atom stereocenters. The number of esters is 1. The van der Waals surface area contributed by atoms with Crippen LogP contribution in [0, 0.1) is 6.92 Å². The van der Waals surface area contributed by atoms with E-state index in [-0.39, 0.29) is 28.6 Å². The van der Waals surface area contributed by atoms with Crippen LogP contribution in [0.1, 0.15) is 29.7 Å². The first kappa shape index (κ1) is 20.6. The summed E-state index contributed by atoms with van der Waals surface area (Å²) in [6, 6.07) is 11.0. The number of carbonyl (C=O) groups excluding carboxylic acids is 2. The summed E-state index contributed by atoms with van der Waals surface area (Å²) in [5.74, 6) is -0.677. The molecule has 1 aliphatic rings. The highest BCUT2D eigenvalue weighted by Crippen LogP contribution is 2.30. The van der Waals surface area contributed by atoms with Crippen LogP contribution in [-0.2, 0) is 16.1 Å². The number of ether oxygens (including phenoxy) is 1. The number of nitrogens with zero attached hydrogens (tertiary/aromatic N) is 2. The first-order chi connectivity index (χ1) is 14.9. The number of carbonyl (C=O) groups is 2. The number of urea groups is 1. The number of benzene rings is 1. The molecule has 0 saturated carbocycles. The fraction of sp³-hybridized carbons (Fsp3) is 0.182. The zero-order valence-electron chi connectivity index (χ0n) is 16.8. The zero-order valence-corrected chi connectivity index (χ0v) is 17.6. The molecule has 1 atom stereocenters. The number of halogens is 1. The van der Waals surface area contributed by atoms with Gasteiger partial charge in [-0.1, -0.05) is 48.0 Å². The zero-order chi connectivity index (χ0) is 22.1. The molecule has 9 heteroatoms. The smallest absolute Gasteiger partial charge is 0.338 e. The lowest BCUT2D eigenvalue weighted by Crippen LogP contribution is -2.47. The van der Waals surface area contributed by atoms with E-state index in [0.717, 1.165) is 11.1 Å². The molecule has 2 aromatic heterocycles. The highest BCUT2D eigenvalue weighted by molar-refractivity contribution is 6.30. The molecule has 158 valence electrons. The number of amides is 2. The van der Waals surface area contributed by atoms with E-state index < -0.39 is 23.6 Å². The minimum absolute atomic E-state index is 0.00868. The molecule has 3 aromatic rings. The maximum absolute atomic E-state index is 13.3. The molecule has 4 rings (SSSR count). The van der Waals surface area contributed by atoms with Gasteiger partial charge in [0.2, 0.25) is 0 Å². The maximum Gasteiger partial charge on any atom is 0.338 e. The van der Waals surface area contributed by atoms with E-state index in [1.54, 1.807) is 32.2 Å². The molecule has 8 nitrogen and oxygen atoms in total. The van der Waals surface area contributed by atoms with Crippen molar-refractivity contribution in [2.75, 3.05) is 0 Å². The fourth-order valence-electron chi connectivity index (χ4n) is 3.51. The quantitative estimate of drug-likeness (QED) is 0.481. The Labute approximate surface area is 182 Å². The second-order valence-electron chi connectivity index (χ2n) is 7.14. The molecule has 1 aliphatic heterocycles. The first-order valence-corrected chi connectivity index (χ1v) is 9.91. The highest BCUT2D eigenvalue weighted by atomic mass is 35.5. The van der Waals surface area contributed by atoms with Crippen LogP contribution in [-0.4, -0.2) is 21.4 Å². The summed E-state index contributed by atoms with van der Waals surface area (Å²) >= 11 is 6.38. The summed E-state index contributed by atoms with van der Waals surface area (Å²) < 4.78 is 6.79. The van der Waals surface area contributed by atoms with E-state index in [1.165, 1.54) is 4.40 Å². The number of pyridine rings is 1. The lowest BCUT2D eigenvalue weighted by molar-refractivity contribution is -0.140. The first-order valence-electron chi connectivity index (χ1n) is 9.53. The average molecular weight is 439 g/mol. The Kier molecular flexibility index (Phi) is 5.48. The van der Waals surface area contributed by atoms with Crippen LogP contribution in [0.4, 0.5) is 4.79 Å². The summed E-state index contributed by atoms with van der Waals surface area (Å²) in [4.78, 5) is 42.7. The van der Waals surface area contributed by atoms with Crippen LogP contribution >= 0.6 is 11.6 Å². The lowest BCUT2D eigenvalue weighted by atomic mass is 9.97. The minimum Gasteiger partial charge on any atom is -0.457 e. The van der Waals surface area contributed by atoms with E-state index in [1.807, 2.05) is 30.3 Å². The maximum atomic E-state index is 13.3. The third kappa shape index (κ3) is 3.89. The van der Waals surface area contributed by atoms with E-state index in [0.29, 0.717) is 5.65 Å². The molecule has 0 spiro atoms. The van der Waals surface area contributed by atoms with Gasteiger partial charge in [0.15, 0.2) is 0 Å². The summed E-state index contributed by atoms with van der Waals surface area (Å²) in [7, 11) is 0. The fourth-order valence-corrected chi connectivity index (χ4v) is 3.78. The topological polar surface area (TPSA) is 102 Å². The van der Waals surface area contributed by atoms with Crippen molar-refractivity contribution < 1.29 is 14.3 Å². The predicted octanol–water partition coefficient (Wildman–Crippen LogP) is 3.03. The van der Waals surface area contributed by atoms with Gasteiger partial charge in [-0.25, -0.2) is 14.6 Å². The molecule has 2 amide bonds. The Morgan fingerprint density at radius 3 is 2.65 bits per heavy atom. The Balaban J connectivity index is 1.77. The molecule has 0 radical (unpaired) electrons. The number of allylic oxidation sites excluding steroid dienone is 1. The molecule has 0 aliphatic carbocycles. The third-order valence-corrected chi connectivity index (χ3v) is 5.32. The van der Waals surface area contributed by atoms with Gasteiger partial charge in [0, 0.05) is 11.9 Å². The van der Waals surface area contributed by atoms with Crippen LogP contribution in [0.5, 0.6) is 0 Å². The Hall–Kier alpha value is -3.65. The average Bonchev–Trinajstić information content (AvgIpc) is 2.73. The molecule has 1 aromatic carbocycles. The SMILES string of the molecule is CC1=C(C(=O)OCc2ccccc2)C(c2c(Cl)nc3c(C)cccn3c2=O)NC(=O)N1. The Morgan fingerprint density at radius 2 is 1.90 bits per heavy atom. The van der Waals surface area contributed by atoms with Crippen molar-refractivity contribution in [3.05, 3.63) is 92.1 Å². The van der Waals surface area contributed by atoms with Gasteiger partial charge in [-0.05, 0) is 31.0 Å². The second kappa shape index (κ2) is 8.23. The van der Waals surface area contributed by atoms with Crippen LogP contribution in [0.3, 0.4) is 0 Å². The standard InChI is InChI=1S/C22H19ClN4O4/c1-12-7-6-10-27-19(12)26-18(23)16(20(27)28)17-15(13(2)24-22(30)25-17)21(29)31-11-14-8-4-3-5-9-14/h3-10,17H,11H2,1-2H3,(H2,24,25,30). The molecule has 0 bridgehead atoms. The predicted molar refractivity (Wildman–Crippen MR) is 115 cm³/mol. The van der Waals surface area contributed by atoms with Gasteiger partial charge in [-0.3, -0.25) is 9.20 Å². The highest BCUT2D eigenvalue weighted by Gasteiger charge is 2.36. The molecule has 2 N–H and O–H groups in total. The summed E-state index contributed by atoms with van der Waals surface area (Å²) in [6.07, 6.45) is 1.56. The number of aryl methyl sites for hydroxylation is 1.